The molecule has 0 spiro atoms. The number of hydrogen-bond donors (Lipinski definition) is 0. The fourth-order valence-electron chi connectivity index (χ4n) is 2.32. The maximum absolute atomic E-state index is 2.33. The maximum Gasteiger partial charge on any atom is -0.00147 e. The highest BCUT2D eigenvalue weighted by atomic mass is 32.1. The highest BCUT2D eigenvalue weighted by Gasteiger charge is 2.07. The van der Waals surface area contributed by atoms with Crippen LogP contribution in [0.3, 0.4) is 0 Å². The van der Waals surface area contributed by atoms with E-state index in [-0.39, 0.29) is 0 Å². The lowest BCUT2D eigenvalue weighted by molar-refractivity contribution is 0.777. The zero-order valence-corrected chi connectivity index (χ0v) is 13.3. The van der Waals surface area contributed by atoms with Gasteiger partial charge in [0, 0.05) is 0 Å². The van der Waals surface area contributed by atoms with E-state index in [1.165, 1.54) is 27.8 Å². The van der Waals surface area contributed by atoms with Crippen molar-refractivity contribution in [3.8, 4) is 22.3 Å². The van der Waals surface area contributed by atoms with E-state index >= 15 is 0 Å². The number of benzene rings is 1. The molecule has 0 N–H and O–H groups in total. The second-order valence-corrected chi connectivity index (χ2v) is 6.84. The first-order valence-corrected chi connectivity index (χ1v) is 8.66. The minimum atomic E-state index is 0.558. The summed E-state index contributed by atoms with van der Waals surface area (Å²) in [6.45, 7) is 4.45. The molecular weight excluding hydrogens is 280 g/mol. The molecule has 2 aromatic heterocycles. The Bertz CT molecular complexity index is 609. The third kappa shape index (κ3) is 3.02. The minimum absolute atomic E-state index is 0.558. The van der Waals surface area contributed by atoms with E-state index in [1.54, 1.807) is 22.7 Å². The Morgan fingerprint density at radius 1 is 0.800 bits per heavy atom. The molecule has 0 bridgehead atoms. The normalized spacial score (nSPS) is 11.2. The van der Waals surface area contributed by atoms with Crippen molar-refractivity contribution in [2.75, 3.05) is 0 Å². The third-order valence-corrected chi connectivity index (χ3v) is 4.56. The molecule has 0 aliphatic rings. The summed E-state index contributed by atoms with van der Waals surface area (Å²) in [6.07, 6.45) is 2.33. The van der Waals surface area contributed by atoms with E-state index in [0.717, 1.165) is 0 Å². The van der Waals surface area contributed by atoms with Crippen molar-refractivity contribution in [1.29, 1.82) is 0 Å². The van der Waals surface area contributed by atoms with Gasteiger partial charge in [-0.15, -0.1) is 0 Å². The highest BCUT2D eigenvalue weighted by molar-refractivity contribution is 7.08. The zero-order chi connectivity index (χ0) is 13.9. The van der Waals surface area contributed by atoms with E-state index in [9.17, 15) is 0 Å². The van der Waals surface area contributed by atoms with Gasteiger partial charge in [0.25, 0.3) is 0 Å². The molecule has 2 heterocycles. The summed E-state index contributed by atoms with van der Waals surface area (Å²) in [4.78, 5) is 0. The second-order valence-electron chi connectivity index (χ2n) is 5.28. The predicted molar refractivity (Wildman–Crippen MR) is 91.3 cm³/mol. The lowest BCUT2D eigenvalue weighted by Gasteiger charge is -2.10. The fourth-order valence-corrected chi connectivity index (χ4v) is 3.65. The molecule has 101 valence electrons. The Hall–Kier alpha value is -1.38. The number of rotatable bonds is 4. The quantitative estimate of drug-likeness (QED) is 0.526. The lowest BCUT2D eigenvalue weighted by atomic mass is 9.94. The molecule has 0 unspecified atom stereocenters. The second kappa shape index (κ2) is 5.94. The van der Waals surface area contributed by atoms with Crippen LogP contribution < -0.4 is 0 Å². The van der Waals surface area contributed by atoms with Gasteiger partial charge in [-0.3, -0.25) is 0 Å². The van der Waals surface area contributed by atoms with Crippen molar-refractivity contribution in [2.24, 2.45) is 5.92 Å². The van der Waals surface area contributed by atoms with Crippen LogP contribution in [0.15, 0.2) is 51.9 Å². The maximum atomic E-state index is 2.33. The molecule has 0 saturated heterocycles. The summed E-state index contributed by atoms with van der Waals surface area (Å²) in [7, 11) is 0. The molecule has 1 radical (unpaired) electrons. The minimum Gasteiger partial charge on any atom is -0.152 e. The van der Waals surface area contributed by atoms with Gasteiger partial charge in [-0.1, -0.05) is 26.0 Å². The topological polar surface area (TPSA) is 0 Å². The van der Waals surface area contributed by atoms with Gasteiger partial charge >= 0.3 is 0 Å². The van der Waals surface area contributed by atoms with Crippen LogP contribution in [-0.2, 0) is 0 Å². The van der Waals surface area contributed by atoms with Crippen molar-refractivity contribution in [1.82, 2.24) is 0 Å². The van der Waals surface area contributed by atoms with E-state index in [0.29, 0.717) is 5.92 Å². The molecule has 0 fully saturated rings. The third-order valence-electron chi connectivity index (χ3n) is 3.19. The summed E-state index contributed by atoms with van der Waals surface area (Å²) in [5.41, 5.74) is 6.55. The van der Waals surface area contributed by atoms with E-state index in [1.807, 2.05) is 0 Å². The van der Waals surface area contributed by atoms with Crippen molar-refractivity contribution in [3.63, 3.8) is 0 Å². The van der Waals surface area contributed by atoms with Crippen LogP contribution in [0.5, 0.6) is 0 Å². The largest absolute Gasteiger partial charge is 0.152 e. The van der Waals surface area contributed by atoms with Crippen LogP contribution in [0, 0.1) is 12.3 Å². The van der Waals surface area contributed by atoms with Crippen LogP contribution in [0.2, 0.25) is 0 Å². The van der Waals surface area contributed by atoms with Crippen molar-refractivity contribution in [2.45, 2.75) is 13.8 Å². The summed E-state index contributed by atoms with van der Waals surface area (Å²) >= 11 is 3.50. The van der Waals surface area contributed by atoms with Crippen LogP contribution >= 0.6 is 22.7 Å². The predicted octanol–water partition coefficient (Wildman–Crippen LogP) is 6.35. The first kappa shape index (κ1) is 13.6. The Morgan fingerprint density at radius 2 is 1.35 bits per heavy atom. The molecule has 0 aliphatic carbocycles. The Balaban J connectivity index is 2.08. The van der Waals surface area contributed by atoms with Gasteiger partial charge in [-0.25, -0.2) is 0 Å². The average molecular weight is 297 g/mol. The van der Waals surface area contributed by atoms with Gasteiger partial charge in [0.15, 0.2) is 0 Å². The standard InChI is InChI=1S/C18H17S2/c1-13(2)7-14-8-17(15-3-5-19-11-15)10-18(9-14)16-4-6-20-12-16/h3-13H,1-2H3. The summed E-state index contributed by atoms with van der Waals surface area (Å²) in [5, 5.41) is 8.70. The highest BCUT2D eigenvalue weighted by Crippen LogP contribution is 2.31. The molecule has 0 amide bonds. The molecule has 0 saturated carbocycles. The van der Waals surface area contributed by atoms with Gasteiger partial charge in [0.2, 0.25) is 0 Å². The summed E-state index contributed by atoms with van der Waals surface area (Å²) < 4.78 is 0. The van der Waals surface area contributed by atoms with Crippen molar-refractivity contribution < 1.29 is 0 Å². The first-order valence-electron chi connectivity index (χ1n) is 6.77. The van der Waals surface area contributed by atoms with Gasteiger partial charge in [0.05, 0.1) is 0 Å². The van der Waals surface area contributed by atoms with Crippen LogP contribution in [-0.4, -0.2) is 0 Å². The van der Waals surface area contributed by atoms with Gasteiger partial charge in [-0.05, 0) is 79.9 Å². The van der Waals surface area contributed by atoms with Crippen molar-refractivity contribution in [3.05, 3.63) is 63.8 Å². The molecule has 2 heteroatoms. The van der Waals surface area contributed by atoms with Crippen LogP contribution in [0.4, 0.5) is 0 Å². The van der Waals surface area contributed by atoms with Crippen LogP contribution in [0.25, 0.3) is 22.3 Å². The Morgan fingerprint density at radius 3 is 1.75 bits per heavy atom. The zero-order valence-electron chi connectivity index (χ0n) is 11.7. The number of thiophene rings is 2. The molecule has 0 atom stereocenters. The van der Waals surface area contributed by atoms with Gasteiger partial charge < -0.3 is 0 Å². The first-order chi connectivity index (χ1) is 9.72. The van der Waals surface area contributed by atoms with Gasteiger partial charge in [-0.2, -0.15) is 22.7 Å². The molecule has 0 nitrogen and oxygen atoms in total. The fraction of sp³-hybridized carbons (Fsp3) is 0.167. The van der Waals surface area contributed by atoms with Crippen molar-refractivity contribution >= 4 is 22.7 Å². The lowest BCUT2D eigenvalue weighted by Crippen LogP contribution is -1.92. The smallest absolute Gasteiger partial charge is 0.00147 e. The Labute approximate surface area is 128 Å². The summed E-state index contributed by atoms with van der Waals surface area (Å²) in [6, 6.07) is 11.3. The number of hydrogen-bond acceptors (Lipinski definition) is 2. The van der Waals surface area contributed by atoms with Gasteiger partial charge in [0.1, 0.15) is 0 Å². The monoisotopic (exact) mass is 297 g/mol. The molecule has 3 rings (SSSR count). The molecule has 0 aliphatic heterocycles. The average Bonchev–Trinajstić information content (AvgIpc) is 3.11. The van der Waals surface area contributed by atoms with E-state index < -0.39 is 0 Å². The molecule has 20 heavy (non-hydrogen) atoms. The summed E-state index contributed by atoms with van der Waals surface area (Å²) in [5.74, 6) is 0.558. The molecule has 1 aromatic carbocycles. The van der Waals surface area contributed by atoms with E-state index in [2.05, 4.69) is 72.1 Å². The Kier molecular flexibility index (Phi) is 4.04. The molecular formula is C18H17S2. The van der Waals surface area contributed by atoms with Crippen LogP contribution in [0.1, 0.15) is 19.4 Å². The molecule has 3 aromatic rings. The van der Waals surface area contributed by atoms with E-state index in [4.69, 9.17) is 0 Å². The SMILES string of the molecule is CC(C)[CH]c1cc(-c2ccsc2)cc(-c2ccsc2)c1.